The van der Waals surface area contributed by atoms with Gasteiger partial charge in [-0.2, -0.15) is 5.10 Å². The molecule has 176 valence electrons. The Balaban J connectivity index is 1.80. The summed E-state index contributed by atoms with van der Waals surface area (Å²) in [7, 11) is 3.30. The number of aryl methyl sites for hydroxylation is 1. The minimum Gasteiger partial charge on any atom is -0.497 e. The summed E-state index contributed by atoms with van der Waals surface area (Å²) in [6.45, 7) is 9.21. The molecule has 33 heavy (non-hydrogen) atoms. The van der Waals surface area contributed by atoms with Crippen LogP contribution in [0.4, 0.5) is 0 Å². The molecule has 0 fully saturated rings. The van der Waals surface area contributed by atoms with Gasteiger partial charge in [0, 0.05) is 17.8 Å². The van der Waals surface area contributed by atoms with Crippen molar-refractivity contribution in [2.24, 2.45) is 5.92 Å². The Morgan fingerprint density at radius 2 is 1.55 bits per heavy atom. The summed E-state index contributed by atoms with van der Waals surface area (Å²) in [5, 5.41) is 7.91. The van der Waals surface area contributed by atoms with Crippen LogP contribution in [0.15, 0.2) is 48.5 Å². The Kier molecular flexibility index (Phi) is 8.15. The Morgan fingerprint density at radius 3 is 2.09 bits per heavy atom. The van der Waals surface area contributed by atoms with Crippen molar-refractivity contribution in [2.75, 3.05) is 14.2 Å². The van der Waals surface area contributed by atoms with Crippen LogP contribution >= 0.6 is 0 Å². The van der Waals surface area contributed by atoms with Crippen LogP contribution in [-0.2, 0) is 24.2 Å². The molecule has 6 nitrogen and oxygen atoms in total. The predicted octanol–water partition coefficient (Wildman–Crippen LogP) is 4.82. The zero-order chi connectivity index (χ0) is 24.0. The Labute approximate surface area is 196 Å². The summed E-state index contributed by atoms with van der Waals surface area (Å²) in [6.07, 6.45) is 0.984. The fourth-order valence-electron chi connectivity index (χ4n) is 4.01. The zero-order valence-electron chi connectivity index (χ0n) is 20.5. The maximum Gasteiger partial charge on any atom is 0.225 e. The van der Waals surface area contributed by atoms with Gasteiger partial charge < -0.3 is 14.8 Å². The molecule has 6 heteroatoms. The van der Waals surface area contributed by atoms with E-state index in [0.29, 0.717) is 18.8 Å². The number of carbonyl (C=O) groups excluding carboxylic acids is 1. The number of nitrogens with one attached hydrogen (secondary N) is 1. The lowest BCUT2D eigenvalue weighted by molar-refractivity contribution is -0.121. The minimum atomic E-state index is -0.164. The van der Waals surface area contributed by atoms with Crippen LogP contribution in [0.2, 0.25) is 0 Å². The molecule has 0 saturated heterocycles. The molecule has 1 aromatic heterocycles. The first kappa shape index (κ1) is 24.4. The molecule has 1 amide bonds. The third-order valence-electron chi connectivity index (χ3n) is 5.86. The lowest BCUT2D eigenvalue weighted by Crippen LogP contribution is -2.31. The van der Waals surface area contributed by atoms with E-state index in [2.05, 4.69) is 24.3 Å². The molecule has 0 unspecified atom stereocenters. The molecule has 2 aromatic carbocycles. The van der Waals surface area contributed by atoms with E-state index in [0.717, 1.165) is 46.1 Å². The quantitative estimate of drug-likeness (QED) is 0.482. The lowest BCUT2D eigenvalue weighted by atomic mass is 9.98. The van der Waals surface area contributed by atoms with Gasteiger partial charge in [-0.25, -0.2) is 0 Å². The number of aromatic nitrogens is 2. The van der Waals surface area contributed by atoms with Crippen molar-refractivity contribution < 1.29 is 14.3 Å². The van der Waals surface area contributed by atoms with Gasteiger partial charge in [-0.15, -0.1) is 0 Å². The van der Waals surface area contributed by atoms with E-state index in [9.17, 15) is 4.79 Å². The van der Waals surface area contributed by atoms with Crippen LogP contribution in [0.3, 0.4) is 0 Å². The van der Waals surface area contributed by atoms with Gasteiger partial charge in [0.2, 0.25) is 5.91 Å². The predicted molar refractivity (Wildman–Crippen MR) is 131 cm³/mol. The molecular weight excluding hydrogens is 414 g/mol. The largest absolute Gasteiger partial charge is 0.497 e. The van der Waals surface area contributed by atoms with E-state index in [1.165, 1.54) is 0 Å². The summed E-state index contributed by atoms with van der Waals surface area (Å²) in [4.78, 5) is 13.2. The van der Waals surface area contributed by atoms with E-state index in [1.54, 1.807) is 14.2 Å². The SMILES string of the molecule is COc1ccc(C[C@@H](NC(=O)Cc2c(C)nn(CC(C)C)c2C)c2ccc(OC)cc2)cc1. The maximum absolute atomic E-state index is 13.2. The summed E-state index contributed by atoms with van der Waals surface area (Å²) in [5.74, 6) is 2.08. The van der Waals surface area contributed by atoms with E-state index in [-0.39, 0.29) is 11.9 Å². The molecule has 0 aliphatic heterocycles. The average Bonchev–Trinajstić information content (AvgIpc) is 3.06. The second kappa shape index (κ2) is 11.0. The first-order chi connectivity index (χ1) is 15.8. The third kappa shape index (κ3) is 6.37. The molecule has 0 aliphatic carbocycles. The number of amides is 1. The lowest BCUT2D eigenvalue weighted by Gasteiger charge is -2.20. The van der Waals surface area contributed by atoms with E-state index in [4.69, 9.17) is 9.47 Å². The Hall–Kier alpha value is -3.28. The van der Waals surface area contributed by atoms with Crippen molar-refractivity contribution in [3.63, 3.8) is 0 Å². The molecule has 1 N–H and O–H groups in total. The van der Waals surface area contributed by atoms with E-state index >= 15 is 0 Å². The van der Waals surface area contributed by atoms with Crippen LogP contribution in [0.1, 0.15) is 48.0 Å². The van der Waals surface area contributed by atoms with Crippen molar-refractivity contribution in [3.05, 3.63) is 76.6 Å². The number of carbonyl (C=O) groups is 1. The number of rotatable bonds is 10. The normalized spacial score (nSPS) is 12.0. The molecule has 0 aliphatic rings. The first-order valence-electron chi connectivity index (χ1n) is 11.4. The third-order valence-corrected chi connectivity index (χ3v) is 5.86. The van der Waals surface area contributed by atoms with Gasteiger partial charge >= 0.3 is 0 Å². The van der Waals surface area contributed by atoms with Gasteiger partial charge in [-0.05, 0) is 61.6 Å². The Morgan fingerprint density at radius 1 is 0.970 bits per heavy atom. The average molecular weight is 450 g/mol. The summed E-state index contributed by atoms with van der Waals surface area (Å²) < 4.78 is 12.6. The smallest absolute Gasteiger partial charge is 0.225 e. The minimum absolute atomic E-state index is 0.0142. The van der Waals surface area contributed by atoms with Crippen molar-refractivity contribution in [1.29, 1.82) is 0 Å². The van der Waals surface area contributed by atoms with Crippen molar-refractivity contribution >= 4 is 5.91 Å². The van der Waals surface area contributed by atoms with Crippen molar-refractivity contribution in [3.8, 4) is 11.5 Å². The van der Waals surface area contributed by atoms with Gasteiger partial charge in [0.25, 0.3) is 0 Å². The topological polar surface area (TPSA) is 65.4 Å². The van der Waals surface area contributed by atoms with Crippen LogP contribution < -0.4 is 14.8 Å². The number of benzene rings is 2. The second-order valence-electron chi connectivity index (χ2n) is 8.85. The van der Waals surface area contributed by atoms with Gasteiger partial charge in [0.05, 0.1) is 32.4 Å². The standard InChI is InChI=1S/C27H35N3O3/c1-18(2)17-30-20(4)25(19(3)29-30)16-27(31)28-26(22-9-13-24(33-6)14-10-22)15-21-7-11-23(32-5)12-8-21/h7-14,18,26H,15-17H2,1-6H3,(H,28,31)/t26-/m1/s1. The Bertz CT molecular complexity index is 1050. The summed E-state index contributed by atoms with van der Waals surface area (Å²) >= 11 is 0. The number of hydrogen-bond acceptors (Lipinski definition) is 4. The fraction of sp³-hybridized carbons (Fsp3) is 0.407. The molecule has 1 atom stereocenters. The number of ether oxygens (including phenoxy) is 2. The fourth-order valence-corrected chi connectivity index (χ4v) is 4.01. The highest BCUT2D eigenvalue weighted by Crippen LogP contribution is 2.23. The first-order valence-corrected chi connectivity index (χ1v) is 11.4. The highest BCUT2D eigenvalue weighted by molar-refractivity contribution is 5.79. The van der Waals surface area contributed by atoms with E-state index < -0.39 is 0 Å². The van der Waals surface area contributed by atoms with Crippen molar-refractivity contribution in [1.82, 2.24) is 15.1 Å². The molecule has 3 aromatic rings. The monoisotopic (exact) mass is 449 g/mol. The number of hydrogen-bond donors (Lipinski definition) is 1. The second-order valence-corrected chi connectivity index (χ2v) is 8.85. The van der Waals surface area contributed by atoms with Crippen LogP contribution in [0, 0.1) is 19.8 Å². The molecule has 0 bridgehead atoms. The number of methoxy groups -OCH3 is 2. The van der Waals surface area contributed by atoms with Crippen LogP contribution in [0.25, 0.3) is 0 Å². The molecule has 0 spiro atoms. The molecular formula is C27H35N3O3. The molecule has 0 saturated carbocycles. The highest BCUT2D eigenvalue weighted by Gasteiger charge is 2.20. The van der Waals surface area contributed by atoms with Crippen LogP contribution in [-0.4, -0.2) is 29.9 Å². The van der Waals surface area contributed by atoms with E-state index in [1.807, 2.05) is 67.1 Å². The summed E-state index contributed by atoms with van der Waals surface area (Å²) in [6, 6.07) is 15.6. The van der Waals surface area contributed by atoms with Gasteiger partial charge in [-0.3, -0.25) is 9.48 Å². The summed E-state index contributed by atoms with van der Waals surface area (Å²) in [5.41, 5.74) is 5.14. The van der Waals surface area contributed by atoms with Gasteiger partial charge in [0.15, 0.2) is 0 Å². The maximum atomic E-state index is 13.2. The molecule has 0 radical (unpaired) electrons. The van der Waals surface area contributed by atoms with Gasteiger partial charge in [0.1, 0.15) is 11.5 Å². The number of nitrogens with zero attached hydrogens (tertiary/aromatic N) is 2. The highest BCUT2D eigenvalue weighted by atomic mass is 16.5. The van der Waals surface area contributed by atoms with Crippen LogP contribution in [0.5, 0.6) is 11.5 Å². The molecule has 3 rings (SSSR count). The molecule has 1 heterocycles. The zero-order valence-corrected chi connectivity index (χ0v) is 20.5. The van der Waals surface area contributed by atoms with Crippen molar-refractivity contribution in [2.45, 2.75) is 53.1 Å². The van der Waals surface area contributed by atoms with Gasteiger partial charge in [-0.1, -0.05) is 38.1 Å².